The molecule has 0 saturated carbocycles. The second-order valence-corrected chi connectivity index (χ2v) is 8.26. The van der Waals surface area contributed by atoms with Gasteiger partial charge in [0.1, 0.15) is 5.82 Å². The fourth-order valence-electron chi connectivity index (χ4n) is 2.66. The third-order valence-electron chi connectivity index (χ3n) is 4.24. The number of methoxy groups -OCH3 is 1. The number of esters is 1. The van der Waals surface area contributed by atoms with Crippen LogP contribution in [0.3, 0.4) is 0 Å². The van der Waals surface area contributed by atoms with Crippen LogP contribution in [0, 0.1) is 11.2 Å². The second-order valence-electron chi connectivity index (χ2n) is 6.35. The smallest absolute Gasteiger partial charge is 0.339 e. The summed E-state index contributed by atoms with van der Waals surface area (Å²) in [6.45, 7) is 4.19. The Kier molecular flexibility index (Phi) is 4.79. The van der Waals surface area contributed by atoms with E-state index in [1.165, 1.54) is 4.31 Å². The maximum Gasteiger partial charge on any atom is 0.339 e. The zero-order chi connectivity index (χ0) is 17.4. The molecular weight excluding hydrogens is 323 g/mol. The van der Waals surface area contributed by atoms with Gasteiger partial charge in [0, 0.05) is 19.1 Å². The molecule has 1 aliphatic heterocycles. The molecule has 1 unspecified atom stereocenters. The highest BCUT2D eigenvalue weighted by Crippen LogP contribution is 2.32. The normalized spacial score (nSPS) is 21.9. The lowest BCUT2D eigenvalue weighted by molar-refractivity contribution is 0.0596. The van der Waals surface area contributed by atoms with Gasteiger partial charge in [-0.3, -0.25) is 0 Å². The molecule has 6 nitrogen and oxygen atoms in total. The van der Waals surface area contributed by atoms with Gasteiger partial charge in [-0.1, -0.05) is 13.8 Å². The average molecular weight is 344 g/mol. The van der Waals surface area contributed by atoms with E-state index in [1.807, 2.05) is 13.8 Å². The topological polar surface area (TPSA) is 89.7 Å². The molecule has 1 atom stereocenters. The molecule has 2 rings (SSSR count). The Balaban J connectivity index is 2.48. The standard InChI is InChI=1S/C15H21FN2O4S/c1-15(2)9-18(7-6-13(15)17)23(20,21)12-8-10(16)4-5-11(12)14(19)22-3/h4-5,8,13H,6-7,9,17H2,1-3H3. The highest BCUT2D eigenvalue weighted by atomic mass is 32.2. The summed E-state index contributed by atoms with van der Waals surface area (Å²) in [5.41, 5.74) is 5.43. The predicted molar refractivity (Wildman–Crippen MR) is 82.9 cm³/mol. The van der Waals surface area contributed by atoms with Gasteiger partial charge >= 0.3 is 5.97 Å². The third kappa shape index (κ3) is 3.39. The van der Waals surface area contributed by atoms with Crippen molar-refractivity contribution in [2.24, 2.45) is 11.1 Å². The highest BCUT2D eigenvalue weighted by Gasteiger charge is 2.40. The Morgan fingerprint density at radius 2 is 2.09 bits per heavy atom. The number of rotatable bonds is 3. The van der Waals surface area contributed by atoms with E-state index in [9.17, 15) is 17.6 Å². The Morgan fingerprint density at radius 3 is 2.65 bits per heavy atom. The van der Waals surface area contributed by atoms with Gasteiger partial charge in [0.2, 0.25) is 10.0 Å². The van der Waals surface area contributed by atoms with Crippen LogP contribution in [0.5, 0.6) is 0 Å². The quantitative estimate of drug-likeness (QED) is 0.836. The van der Waals surface area contributed by atoms with Crippen molar-refractivity contribution in [2.75, 3.05) is 20.2 Å². The summed E-state index contributed by atoms with van der Waals surface area (Å²) >= 11 is 0. The van der Waals surface area contributed by atoms with Gasteiger partial charge in [-0.2, -0.15) is 4.31 Å². The molecule has 0 radical (unpaired) electrons. The number of piperidine rings is 1. The lowest BCUT2D eigenvalue weighted by Gasteiger charge is -2.41. The van der Waals surface area contributed by atoms with E-state index in [0.717, 1.165) is 25.3 Å². The van der Waals surface area contributed by atoms with Crippen LogP contribution in [-0.2, 0) is 14.8 Å². The molecular formula is C15H21FN2O4S. The van der Waals surface area contributed by atoms with Gasteiger partial charge in [0.15, 0.2) is 0 Å². The lowest BCUT2D eigenvalue weighted by Crippen LogP contribution is -2.54. The number of nitrogens with two attached hydrogens (primary N) is 1. The first-order valence-corrected chi connectivity index (χ1v) is 8.67. The van der Waals surface area contributed by atoms with Crippen molar-refractivity contribution in [3.63, 3.8) is 0 Å². The van der Waals surface area contributed by atoms with Crippen molar-refractivity contribution in [3.8, 4) is 0 Å². The molecule has 1 aromatic carbocycles. The van der Waals surface area contributed by atoms with Crippen LogP contribution in [0.2, 0.25) is 0 Å². The van der Waals surface area contributed by atoms with Crippen LogP contribution < -0.4 is 5.73 Å². The molecule has 0 amide bonds. The summed E-state index contributed by atoms with van der Waals surface area (Å²) in [4.78, 5) is 11.4. The van der Waals surface area contributed by atoms with Crippen molar-refractivity contribution in [1.82, 2.24) is 4.31 Å². The molecule has 0 bridgehead atoms. The Labute approximate surface area is 135 Å². The number of hydrogen-bond acceptors (Lipinski definition) is 5. The number of hydrogen-bond donors (Lipinski definition) is 1. The predicted octanol–water partition coefficient (Wildman–Crippen LogP) is 1.36. The summed E-state index contributed by atoms with van der Waals surface area (Å²) in [6.07, 6.45) is 0.495. The van der Waals surface area contributed by atoms with Gasteiger partial charge in [-0.25, -0.2) is 17.6 Å². The zero-order valence-electron chi connectivity index (χ0n) is 13.4. The van der Waals surface area contributed by atoms with Crippen LogP contribution in [0.15, 0.2) is 23.1 Å². The first-order chi connectivity index (χ1) is 10.6. The summed E-state index contributed by atoms with van der Waals surface area (Å²) < 4.78 is 45.2. The van der Waals surface area contributed by atoms with Gasteiger partial charge in [0.25, 0.3) is 0 Å². The second kappa shape index (κ2) is 6.18. The van der Waals surface area contributed by atoms with Crippen molar-refractivity contribution in [1.29, 1.82) is 0 Å². The van der Waals surface area contributed by atoms with Crippen molar-refractivity contribution >= 4 is 16.0 Å². The third-order valence-corrected chi connectivity index (χ3v) is 6.13. The SMILES string of the molecule is COC(=O)c1ccc(F)cc1S(=O)(=O)N1CCC(N)C(C)(C)C1. The van der Waals surface area contributed by atoms with Crippen LogP contribution >= 0.6 is 0 Å². The van der Waals surface area contributed by atoms with Gasteiger partial charge in [0.05, 0.1) is 17.6 Å². The summed E-state index contributed by atoms with van der Waals surface area (Å²) in [6, 6.07) is 2.88. The molecule has 23 heavy (non-hydrogen) atoms. The van der Waals surface area contributed by atoms with Gasteiger partial charge in [-0.05, 0) is 30.0 Å². The molecule has 0 aliphatic carbocycles. The fraction of sp³-hybridized carbons (Fsp3) is 0.533. The Bertz CT molecular complexity index is 718. The van der Waals surface area contributed by atoms with E-state index in [1.54, 1.807) is 0 Å². The molecule has 2 N–H and O–H groups in total. The highest BCUT2D eigenvalue weighted by molar-refractivity contribution is 7.89. The number of benzene rings is 1. The van der Waals surface area contributed by atoms with Crippen LogP contribution in [0.4, 0.5) is 4.39 Å². The lowest BCUT2D eigenvalue weighted by atomic mass is 9.81. The first kappa shape index (κ1) is 17.8. The molecule has 128 valence electrons. The Morgan fingerprint density at radius 1 is 1.43 bits per heavy atom. The van der Waals surface area contributed by atoms with Crippen molar-refractivity contribution in [3.05, 3.63) is 29.6 Å². The van der Waals surface area contributed by atoms with Crippen molar-refractivity contribution < 1.29 is 22.3 Å². The number of carbonyl (C=O) groups excluding carboxylic acids is 1. The van der Waals surface area contributed by atoms with Gasteiger partial charge < -0.3 is 10.5 Å². The number of nitrogens with zero attached hydrogens (tertiary/aromatic N) is 1. The molecule has 0 spiro atoms. The number of carbonyl (C=O) groups is 1. The Hall–Kier alpha value is -1.51. The minimum Gasteiger partial charge on any atom is -0.465 e. The van der Waals surface area contributed by atoms with Gasteiger partial charge in [-0.15, -0.1) is 0 Å². The van der Waals surface area contributed by atoms with E-state index < -0.39 is 27.2 Å². The minimum absolute atomic E-state index is 0.124. The molecule has 1 aliphatic rings. The van der Waals surface area contributed by atoms with Crippen LogP contribution in [-0.4, -0.2) is 44.9 Å². The minimum atomic E-state index is -4.03. The molecule has 1 fully saturated rings. The molecule has 1 saturated heterocycles. The molecule has 1 aromatic rings. The van der Waals surface area contributed by atoms with E-state index in [4.69, 9.17) is 5.73 Å². The van der Waals surface area contributed by atoms with Crippen LogP contribution in [0.1, 0.15) is 30.6 Å². The average Bonchev–Trinajstić information content (AvgIpc) is 2.49. The maximum absolute atomic E-state index is 13.6. The molecule has 1 heterocycles. The zero-order valence-corrected chi connectivity index (χ0v) is 14.2. The van der Waals surface area contributed by atoms with E-state index >= 15 is 0 Å². The monoisotopic (exact) mass is 344 g/mol. The summed E-state index contributed by atoms with van der Waals surface area (Å²) in [5.74, 6) is -1.55. The first-order valence-electron chi connectivity index (χ1n) is 7.23. The van der Waals surface area contributed by atoms with E-state index in [-0.39, 0.29) is 29.6 Å². The summed E-state index contributed by atoms with van der Waals surface area (Å²) in [7, 11) is -2.88. The molecule has 0 aromatic heterocycles. The summed E-state index contributed by atoms with van der Waals surface area (Å²) in [5, 5.41) is 0. The number of halogens is 1. The fourth-order valence-corrected chi connectivity index (χ4v) is 4.47. The number of sulfonamides is 1. The largest absolute Gasteiger partial charge is 0.465 e. The van der Waals surface area contributed by atoms with Crippen molar-refractivity contribution in [2.45, 2.75) is 31.2 Å². The number of ether oxygens (including phenoxy) is 1. The van der Waals surface area contributed by atoms with Crippen LogP contribution in [0.25, 0.3) is 0 Å². The van der Waals surface area contributed by atoms with E-state index in [2.05, 4.69) is 4.74 Å². The maximum atomic E-state index is 13.6. The van der Waals surface area contributed by atoms with E-state index in [0.29, 0.717) is 6.42 Å². The molecule has 8 heteroatoms.